The van der Waals surface area contributed by atoms with Crippen LogP contribution in [-0.2, 0) is 150 Å². The number of carboxylic acids is 2. The third kappa shape index (κ3) is 36.1. The number of carbonyl (C=O) groups is 21. The number of imidazole rings is 1. The molecule has 50 heteroatoms. The Bertz CT molecular complexity index is 6170. The lowest BCUT2D eigenvalue weighted by molar-refractivity contribution is -0.142. The van der Waals surface area contributed by atoms with Crippen molar-refractivity contribution in [2.24, 2.45) is 34.8 Å². The molecule has 2 aliphatic rings. The molecule has 5 heterocycles. The average molecular weight is 2110 g/mol. The number of rotatable bonds is 27. The summed E-state index contributed by atoms with van der Waals surface area (Å²) in [6.45, 7) is 6.34. The molecule has 8 aromatic rings. The first-order valence-corrected chi connectivity index (χ1v) is 51.3. The van der Waals surface area contributed by atoms with Crippen molar-refractivity contribution in [3.8, 4) is 0 Å². The molecule has 5 aromatic carbocycles. The van der Waals surface area contributed by atoms with Gasteiger partial charge in [0, 0.05) is 113 Å². The second-order valence-corrected chi connectivity index (χ2v) is 39.7. The Labute approximate surface area is 867 Å². The summed E-state index contributed by atoms with van der Waals surface area (Å²) in [5.41, 5.74) is 27.5. The van der Waals surface area contributed by atoms with Gasteiger partial charge in [0.15, 0.2) is 0 Å². The lowest BCUT2D eigenvalue weighted by Crippen LogP contribution is -2.62. The van der Waals surface area contributed by atoms with Gasteiger partial charge in [-0.05, 0) is 76.3 Å². The summed E-state index contributed by atoms with van der Waals surface area (Å²) >= 11 is 3.08. The average Bonchev–Trinajstić information content (AvgIpc) is 1.74. The van der Waals surface area contributed by atoms with Crippen LogP contribution in [-0.4, -0.2) is 275 Å². The standard InChI is InChI=1S/C99H124N24O23S3/c1-6-51(4)84-99(146)119-67(30-54-19-11-8-12-20-54)89(136)117-73(36-82(128)129)95(142)111-65(25-50(2)3)86(133)108-42-81(127)110-66(29-53-17-9-7-10-18-53)88(135)122-76-47-148-44-56-26-55(27-57(28-56)45-149-48-77(98(145)123-84)120-85(132)52(5)100)43-147-46-75(87(134)107-41-80(103)126)121-94(141)72(35-79(102)125)115-91(138)69(32-59-39-106-64-24-16-14-22-62(59)64)112-90(137)68(31-58-38-105-63-23-15-13-21-61(58)63)113-96(143)74(37-83(130)131)118-93(140)71(34-78(101)124)116-92(139)70(114-97(76)144)33-60-40-104-49-109-60/h7-24,26-28,38-40,49-52,65-77,84,105-106H,6,25,29-37,41-48,100H2,1-5H3,(H2,101,124)(H2,102,125)(H2,103,126)(H,104,109)(H,107,134)(H,108,133)(H,110,127)(H,111,142)(H,112,137)(H,113,143)(H,114,144)(H,115,138)(H,116,139)(H,117,136)(H,118,140)(H,119,146)(H,120,132)(H,121,141)(H,122,135)(H,123,145)(H,128,129)(H,130,131)/t51-,52-,65-,66-,67-,68-,69-,70+,71-,72-,73-,74-,75-,76-,77-,84-/m0/s1. The Hall–Kier alpha value is -15.7. The van der Waals surface area contributed by atoms with E-state index >= 15 is 47.9 Å². The van der Waals surface area contributed by atoms with Gasteiger partial charge in [0.1, 0.15) is 84.6 Å². The van der Waals surface area contributed by atoms with Crippen LogP contribution in [0.1, 0.15) is 118 Å². The fourth-order valence-electron chi connectivity index (χ4n) is 16.3. The number of aromatic nitrogens is 4. The number of para-hydroxylation sites is 2. The first-order valence-electron chi connectivity index (χ1n) is 47.9. The third-order valence-corrected chi connectivity index (χ3v) is 27.4. The maximum Gasteiger partial charge on any atom is 0.305 e. The van der Waals surface area contributed by atoms with E-state index in [1.54, 1.807) is 155 Å². The minimum Gasteiger partial charge on any atom is -0.481 e. The predicted molar refractivity (Wildman–Crippen MR) is 548 cm³/mol. The number of nitrogens with zero attached hydrogens (tertiary/aromatic N) is 1. The lowest BCUT2D eigenvalue weighted by Gasteiger charge is -2.29. The number of nitrogens with two attached hydrogens (primary N) is 4. The number of amides is 19. The van der Waals surface area contributed by atoms with E-state index in [9.17, 15) is 63.0 Å². The monoisotopic (exact) mass is 2110 g/mol. The molecule has 0 unspecified atom stereocenters. The highest BCUT2D eigenvalue weighted by Crippen LogP contribution is 2.28. The number of H-pyrrole nitrogens is 3. The predicted octanol–water partition coefficient (Wildman–Crippen LogP) is -3.04. The number of carbonyl (C=O) groups excluding carboxylic acids is 19. The Morgan fingerprint density at radius 2 is 0.832 bits per heavy atom. The number of hydrogen-bond acceptors (Lipinski definition) is 26. The van der Waals surface area contributed by atoms with E-state index in [4.69, 9.17) is 22.9 Å². The zero-order valence-electron chi connectivity index (χ0n) is 82.1. The smallest absolute Gasteiger partial charge is 0.305 e. The maximum absolute atomic E-state index is 15.8. The van der Waals surface area contributed by atoms with Gasteiger partial charge in [-0.3, -0.25) is 101 Å². The number of hydrogen-bond donors (Lipinski definition) is 25. The Morgan fingerprint density at radius 3 is 1.29 bits per heavy atom. The van der Waals surface area contributed by atoms with Crippen molar-refractivity contribution < 1.29 is 111 Å². The van der Waals surface area contributed by atoms with Gasteiger partial charge in [0.2, 0.25) is 112 Å². The van der Waals surface area contributed by atoms with Crippen LogP contribution in [0.5, 0.6) is 0 Å². The zero-order valence-corrected chi connectivity index (χ0v) is 84.6. The summed E-state index contributed by atoms with van der Waals surface area (Å²) in [5, 5.41) is 62.5. The van der Waals surface area contributed by atoms with Crippen molar-refractivity contribution in [2.45, 2.75) is 213 Å². The van der Waals surface area contributed by atoms with E-state index in [0.29, 0.717) is 60.8 Å². The second-order valence-electron chi connectivity index (χ2n) is 36.6. The molecule has 0 fully saturated rings. The topological polar surface area (TPSA) is 756 Å². The van der Waals surface area contributed by atoms with E-state index in [1.165, 1.54) is 31.8 Å². The molecule has 47 nitrogen and oxygen atoms in total. The number of aromatic amines is 3. The maximum atomic E-state index is 15.8. The highest BCUT2D eigenvalue weighted by molar-refractivity contribution is 7.99. The fourth-order valence-corrected chi connectivity index (χ4v) is 19.3. The summed E-state index contributed by atoms with van der Waals surface area (Å²) < 4.78 is 0. The van der Waals surface area contributed by atoms with Gasteiger partial charge >= 0.3 is 11.9 Å². The van der Waals surface area contributed by atoms with Gasteiger partial charge in [-0.2, -0.15) is 35.3 Å². The van der Waals surface area contributed by atoms with Gasteiger partial charge in [-0.1, -0.05) is 149 Å². The van der Waals surface area contributed by atoms with E-state index < -0.39 is 296 Å². The Balaban J connectivity index is 1.11. The molecular formula is C99H124N24O23S3. The lowest BCUT2D eigenvalue weighted by atomic mass is 9.96. The van der Waals surface area contributed by atoms with Crippen LogP contribution in [0.15, 0.2) is 152 Å². The van der Waals surface area contributed by atoms with E-state index in [-0.39, 0.29) is 54.4 Å². The van der Waals surface area contributed by atoms with Crippen molar-refractivity contribution in [1.29, 1.82) is 0 Å². The molecule has 0 radical (unpaired) electrons. The van der Waals surface area contributed by atoms with Crippen LogP contribution in [0.4, 0.5) is 0 Å². The normalized spacial score (nSPS) is 22.9. The van der Waals surface area contributed by atoms with Gasteiger partial charge < -0.3 is 133 Å². The zero-order chi connectivity index (χ0) is 108. The number of nitrogens with one attached hydrogen (secondary N) is 19. The SMILES string of the molecule is CC[C@H](C)[C@@H]1NC(=O)[C@@H](NC(=O)[C@H](C)N)CSCc2cc3cc(c2)CSC[C@H](NC(=O)[C@H](Cc2ccccc2)NC(=O)CNC(=O)[C@H](CC(C)C)NC(=O)[C@H](CC(=O)O)NC(=O)[C@H](Cc2ccccc2)NC1=O)C(=O)N[C@H](Cc1cnc[nH]1)C(=O)N[C@@H](CC(N)=O)C(=O)N[C@@H](CC(=O)O)C(=O)N[C@@H](Cc1c[nH]c2ccccc12)C(=O)N[C@@H](Cc1c[nH]c2ccccc12)C(=O)N[C@@H](CC(N)=O)C(=O)N[C@H](C(=O)NCC(N)=O)CSC3. The largest absolute Gasteiger partial charge is 0.481 e. The molecule has 4 bridgehead atoms. The first kappa shape index (κ1) is 115. The molecule has 0 spiro atoms. The highest BCUT2D eigenvalue weighted by atomic mass is 32.2. The van der Waals surface area contributed by atoms with Crippen LogP contribution in [0.2, 0.25) is 0 Å². The molecule has 16 atom stereocenters. The van der Waals surface area contributed by atoms with Crippen LogP contribution < -0.4 is 108 Å². The number of primary amides is 3. The number of benzene rings is 5. The summed E-state index contributed by atoms with van der Waals surface area (Å²) in [7, 11) is 0. The van der Waals surface area contributed by atoms with Crippen LogP contribution in [0, 0.1) is 11.8 Å². The van der Waals surface area contributed by atoms with E-state index in [2.05, 4.69) is 105 Å². The van der Waals surface area contributed by atoms with Crippen molar-refractivity contribution in [3.05, 3.63) is 197 Å². The number of fused-ring (bicyclic) bond motifs is 7. The van der Waals surface area contributed by atoms with Gasteiger partial charge in [0.25, 0.3) is 0 Å². The van der Waals surface area contributed by atoms with Crippen molar-refractivity contribution >= 4 is 181 Å². The molecule has 149 heavy (non-hydrogen) atoms. The van der Waals surface area contributed by atoms with Crippen LogP contribution in [0.25, 0.3) is 21.8 Å². The van der Waals surface area contributed by atoms with Crippen LogP contribution >= 0.6 is 35.3 Å². The van der Waals surface area contributed by atoms with Crippen molar-refractivity contribution in [1.82, 2.24) is 105 Å². The fraction of sp³-hybridized carbons (Fsp3) is 0.414. The van der Waals surface area contributed by atoms with Crippen molar-refractivity contribution in [2.75, 3.05) is 30.3 Å². The van der Waals surface area contributed by atoms with Crippen LogP contribution in [0.3, 0.4) is 0 Å². The number of aliphatic carboxylic acids is 2. The van der Waals surface area contributed by atoms with E-state index in [0.717, 1.165) is 35.3 Å². The number of carboxylic acid groups (broad SMARTS) is 2. The van der Waals surface area contributed by atoms with Gasteiger partial charge in [0.05, 0.1) is 51.1 Å². The molecular weight excluding hydrogens is 1990 g/mol. The Kier molecular flexibility index (Phi) is 43.5. The molecule has 0 aliphatic carbocycles. The molecule has 19 amide bonds. The summed E-state index contributed by atoms with van der Waals surface area (Å²) in [4.78, 5) is 318. The highest BCUT2D eigenvalue weighted by Gasteiger charge is 2.42. The molecule has 10 rings (SSSR count). The van der Waals surface area contributed by atoms with Crippen molar-refractivity contribution in [3.63, 3.8) is 0 Å². The number of thioether (sulfide) groups is 3. The quantitative estimate of drug-likeness (QED) is 0.0243. The van der Waals surface area contributed by atoms with Gasteiger partial charge in [-0.25, -0.2) is 4.98 Å². The first-order chi connectivity index (χ1) is 71.0. The molecule has 0 saturated heterocycles. The minimum atomic E-state index is -2.23. The molecule has 0 saturated carbocycles. The molecule has 29 N–H and O–H groups in total. The summed E-state index contributed by atoms with van der Waals surface area (Å²) in [5.74, 6) is -27.3. The molecule has 796 valence electrons. The Morgan fingerprint density at radius 1 is 0.423 bits per heavy atom. The molecule has 2 aliphatic heterocycles. The summed E-state index contributed by atoms with van der Waals surface area (Å²) in [6.07, 6.45) is -0.947. The second kappa shape index (κ2) is 56.3. The van der Waals surface area contributed by atoms with Gasteiger partial charge in [-0.15, -0.1) is 0 Å². The third-order valence-electron chi connectivity index (χ3n) is 24.1. The molecule has 3 aromatic heterocycles. The van der Waals surface area contributed by atoms with E-state index in [1.807, 2.05) is 0 Å². The minimum absolute atomic E-state index is 0.0309. The summed E-state index contributed by atoms with van der Waals surface area (Å²) in [6, 6.07) is 8.45.